The minimum atomic E-state index is -0.180. The highest BCUT2D eigenvalue weighted by atomic mass is 35.5. The van der Waals surface area contributed by atoms with Crippen LogP contribution in [0.15, 0.2) is 88.7 Å². The molecule has 8 heteroatoms. The second kappa shape index (κ2) is 8.33. The van der Waals surface area contributed by atoms with Crippen LogP contribution in [0, 0.1) is 0 Å². The highest BCUT2D eigenvalue weighted by molar-refractivity contribution is 7.98. The second-order valence-corrected chi connectivity index (χ2v) is 8.73. The Morgan fingerprint density at radius 2 is 1.72 bits per heavy atom. The molecule has 3 aromatic carbocycles. The van der Waals surface area contributed by atoms with Gasteiger partial charge >= 0.3 is 0 Å². The summed E-state index contributed by atoms with van der Waals surface area (Å²) in [6, 6.07) is 23.2. The number of nitrogens with zero attached hydrogens (tertiary/aromatic N) is 4. The van der Waals surface area contributed by atoms with Crippen LogP contribution in [-0.2, 0) is 0 Å². The van der Waals surface area contributed by atoms with E-state index >= 15 is 0 Å². The predicted molar refractivity (Wildman–Crippen MR) is 135 cm³/mol. The van der Waals surface area contributed by atoms with E-state index in [1.165, 1.54) is 0 Å². The van der Waals surface area contributed by atoms with Crippen molar-refractivity contribution in [3.8, 4) is 22.8 Å². The zero-order valence-corrected chi connectivity index (χ0v) is 19.1. The van der Waals surface area contributed by atoms with E-state index < -0.39 is 0 Å². The van der Waals surface area contributed by atoms with Crippen LogP contribution in [0.25, 0.3) is 33.8 Å². The summed E-state index contributed by atoms with van der Waals surface area (Å²) in [4.78, 5) is 19.7. The summed E-state index contributed by atoms with van der Waals surface area (Å²) in [7, 11) is 2.03. The number of hydrogen-bond acceptors (Lipinski definition) is 4. The third-order valence-corrected chi connectivity index (χ3v) is 6.27. The van der Waals surface area contributed by atoms with Crippen LogP contribution in [0.2, 0.25) is 5.02 Å². The second-order valence-electron chi connectivity index (χ2n) is 7.41. The fourth-order valence-corrected chi connectivity index (χ4v) is 4.20. The first-order valence-corrected chi connectivity index (χ1v) is 11.6. The Morgan fingerprint density at radius 3 is 2.44 bits per heavy atom. The Balaban J connectivity index is 1.82. The molecule has 2 aromatic heterocycles. The van der Waals surface area contributed by atoms with Crippen LogP contribution in [0.5, 0.6) is 0 Å². The molecule has 0 bridgehead atoms. The molecule has 0 atom stereocenters. The van der Waals surface area contributed by atoms with Crippen molar-refractivity contribution in [1.82, 2.24) is 19.3 Å². The molecule has 0 amide bonds. The lowest BCUT2D eigenvalue weighted by molar-refractivity contribution is 0.885. The van der Waals surface area contributed by atoms with Gasteiger partial charge in [0.2, 0.25) is 0 Å². The van der Waals surface area contributed by atoms with Gasteiger partial charge in [-0.2, -0.15) is 5.10 Å². The van der Waals surface area contributed by atoms with Crippen molar-refractivity contribution in [2.45, 2.75) is 4.90 Å². The van der Waals surface area contributed by atoms with Crippen molar-refractivity contribution >= 4 is 47.7 Å². The average Bonchev–Trinajstić information content (AvgIpc) is 3.25. The molecule has 32 heavy (non-hydrogen) atoms. The Hall–Kier alpha value is -3.29. The third kappa shape index (κ3) is 3.63. The van der Waals surface area contributed by atoms with Crippen molar-refractivity contribution in [3.05, 3.63) is 94.4 Å². The first-order valence-electron chi connectivity index (χ1n) is 10.0. The maximum Gasteiger partial charge on any atom is 0.269 e. The summed E-state index contributed by atoms with van der Waals surface area (Å²) in [5, 5.41) is 5.57. The van der Waals surface area contributed by atoms with E-state index in [0.29, 0.717) is 27.6 Å². The molecule has 0 fully saturated rings. The number of aromatic nitrogens is 4. The van der Waals surface area contributed by atoms with Gasteiger partial charge in [-0.15, -0.1) is 11.8 Å². The molecule has 0 aliphatic rings. The van der Waals surface area contributed by atoms with Gasteiger partial charge in [-0.05, 0) is 48.7 Å². The van der Waals surface area contributed by atoms with Gasteiger partial charge in [-0.1, -0.05) is 47.4 Å². The molecule has 0 aliphatic carbocycles. The van der Waals surface area contributed by atoms with E-state index in [1.54, 1.807) is 39.3 Å². The van der Waals surface area contributed by atoms with Crippen molar-refractivity contribution < 1.29 is 0 Å². The molecule has 0 aliphatic heterocycles. The van der Waals surface area contributed by atoms with Gasteiger partial charge < -0.3 is 0 Å². The summed E-state index contributed by atoms with van der Waals surface area (Å²) >= 11 is 7.74. The molecule has 2 heterocycles. The van der Waals surface area contributed by atoms with E-state index in [2.05, 4.69) is 5.10 Å². The highest BCUT2D eigenvalue weighted by Gasteiger charge is 2.18. The van der Waals surface area contributed by atoms with Crippen molar-refractivity contribution in [2.75, 3.05) is 6.26 Å². The van der Waals surface area contributed by atoms with Gasteiger partial charge in [-0.25, -0.2) is 9.67 Å². The molecule has 5 rings (SSSR count). The maximum absolute atomic E-state index is 13.7. The van der Waals surface area contributed by atoms with Crippen LogP contribution < -0.4 is 11.0 Å². The average molecular weight is 457 g/mol. The van der Waals surface area contributed by atoms with Crippen LogP contribution >= 0.6 is 23.4 Å². The van der Waals surface area contributed by atoms with E-state index in [4.69, 9.17) is 16.6 Å². The largest absolute Gasteiger partial charge is 0.269 e. The van der Waals surface area contributed by atoms with E-state index in [0.717, 1.165) is 21.6 Å². The lowest BCUT2D eigenvalue weighted by atomic mass is 9.95. The predicted octanol–water partition coefficient (Wildman–Crippen LogP) is 3.87. The highest BCUT2D eigenvalue weighted by Crippen LogP contribution is 2.25. The van der Waals surface area contributed by atoms with Crippen LogP contribution in [-0.4, -0.2) is 33.4 Å². The van der Waals surface area contributed by atoms with Gasteiger partial charge in [0, 0.05) is 15.5 Å². The normalized spacial score (nSPS) is 11.2. The molecule has 0 N–H and O–H groups in total. The van der Waals surface area contributed by atoms with Gasteiger partial charge in [0.05, 0.1) is 17.6 Å². The number of fused-ring (bicyclic) bond motifs is 1. The molecule has 0 saturated heterocycles. The van der Waals surface area contributed by atoms with Crippen LogP contribution in [0.3, 0.4) is 0 Å². The molecule has 5 nitrogen and oxygen atoms in total. The number of benzene rings is 3. The minimum absolute atomic E-state index is 0.180. The fourth-order valence-electron chi connectivity index (χ4n) is 3.62. The standard InChI is InChI=1S/C24H18BClN4OS/c1-32-20-4-2-3-19(13-20)30-23-21(14-27-30)24(31)29(18-11-9-17(26)10-12-18)22(28-23)15-5-7-16(25)8-6-15/h2-14H,25H2,1H3. The summed E-state index contributed by atoms with van der Waals surface area (Å²) in [5.41, 5.74) is 3.87. The number of rotatable bonds is 4. The SMILES string of the molecule is Bc1ccc(-c2nc3c(cnn3-c3cccc(SC)c3)c(=O)n2-c2ccc(Cl)cc2)cc1. The molecule has 156 valence electrons. The molecule has 5 aromatic rings. The van der Waals surface area contributed by atoms with Crippen molar-refractivity contribution in [2.24, 2.45) is 0 Å². The zero-order chi connectivity index (χ0) is 22.2. The fraction of sp³-hybridized carbons (Fsp3) is 0.0417. The van der Waals surface area contributed by atoms with Gasteiger partial charge in [-0.3, -0.25) is 9.36 Å². The van der Waals surface area contributed by atoms with E-state index in [1.807, 2.05) is 74.8 Å². The Morgan fingerprint density at radius 1 is 0.969 bits per heavy atom. The molecular weight excluding hydrogens is 439 g/mol. The lowest BCUT2D eigenvalue weighted by Gasteiger charge is -2.14. The summed E-state index contributed by atoms with van der Waals surface area (Å²) in [6.07, 6.45) is 3.61. The minimum Gasteiger partial charge on any atom is -0.268 e. The first kappa shape index (κ1) is 20.6. The molecular formula is C24H18BClN4OS. The Bertz CT molecular complexity index is 1490. The number of halogens is 1. The van der Waals surface area contributed by atoms with Gasteiger partial charge in [0.25, 0.3) is 5.56 Å². The number of thioether (sulfide) groups is 1. The third-order valence-electron chi connectivity index (χ3n) is 5.29. The van der Waals surface area contributed by atoms with E-state index in [-0.39, 0.29) is 5.56 Å². The first-order chi connectivity index (χ1) is 15.5. The van der Waals surface area contributed by atoms with Crippen molar-refractivity contribution in [1.29, 1.82) is 0 Å². The van der Waals surface area contributed by atoms with Gasteiger partial charge in [0.1, 0.15) is 19.1 Å². The number of hydrogen-bond donors (Lipinski definition) is 0. The monoisotopic (exact) mass is 456 g/mol. The topological polar surface area (TPSA) is 52.7 Å². The van der Waals surface area contributed by atoms with Crippen LogP contribution in [0.1, 0.15) is 0 Å². The Kier molecular flexibility index (Phi) is 5.37. The summed E-state index contributed by atoms with van der Waals surface area (Å²) in [6.45, 7) is 0. The van der Waals surface area contributed by atoms with Crippen LogP contribution in [0.4, 0.5) is 0 Å². The maximum atomic E-state index is 13.7. The van der Waals surface area contributed by atoms with Gasteiger partial charge in [0.15, 0.2) is 5.65 Å². The Labute approximate surface area is 195 Å². The summed E-state index contributed by atoms with van der Waals surface area (Å²) < 4.78 is 3.34. The quantitative estimate of drug-likeness (QED) is 0.304. The molecule has 0 radical (unpaired) electrons. The lowest BCUT2D eigenvalue weighted by Crippen LogP contribution is -2.22. The molecule has 0 unspecified atom stereocenters. The van der Waals surface area contributed by atoms with E-state index in [9.17, 15) is 4.79 Å². The zero-order valence-electron chi connectivity index (χ0n) is 17.5. The molecule has 0 spiro atoms. The summed E-state index contributed by atoms with van der Waals surface area (Å²) in [5.74, 6) is 0.549. The van der Waals surface area contributed by atoms with Crippen molar-refractivity contribution in [3.63, 3.8) is 0 Å². The smallest absolute Gasteiger partial charge is 0.268 e. The molecule has 0 saturated carbocycles.